The average molecular weight is 1920 g/mol. The first kappa shape index (κ1) is 122. The van der Waals surface area contributed by atoms with E-state index in [1.807, 2.05) is 0 Å². The standard InChI is InChI=1S/C120H214O13Si2/c1-97(2,3)69-109(37,38)121-81-61-85(125-113(45,46)73-101(13,14)15)93(86(62-81)126-114(47,48)74-102(16,17)18)134(94-87(127-115(49,50)75-103(19,20)21)63-82(122-110(39,40)70-98(4,5)6)64-88(94)128-116(51,52)76-104(22,23)24)133-135(95-89(129-117(53,54)77-105(25,26)27)65-83(123-111(41,42)71-99(7,8)9)66-90(95)130-118(55,56)78-106(28,29)30)96-91(131-119(57,58)79-107(31,32)33)67-84(124-112(43,44)72-100(10,11)12)68-92(96)132-120(59,60)80-108(34,35)36/h61-68,134-135H,69-80H2,1-60H3. The normalized spacial score (nSPS) is 14.7. The van der Waals surface area contributed by atoms with E-state index in [1.165, 1.54) is 0 Å². The summed E-state index contributed by atoms with van der Waals surface area (Å²) in [5.41, 5.74) is -12.3. The predicted octanol–water partition coefficient (Wildman–Crippen LogP) is 33.2. The van der Waals surface area contributed by atoms with Crippen molar-refractivity contribution in [1.29, 1.82) is 0 Å². The molecule has 0 aliphatic heterocycles. The van der Waals surface area contributed by atoms with Crippen molar-refractivity contribution in [2.24, 2.45) is 65.0 Å². The van der Waals surface area contributed by atoms with Crippen molar-refractivity contribution < 1.29 is 61.0 Å². The third-order valence-electron chi connectivity index (χ3n) is 21.8. The Balaban J connectivity index is 3.21. The van der Waals surface area contributed by atoms with Crippen LogP contribution < -0.4 is 77.6 Å². The van der Waals surface area contributed by atoms with Crippen LogP contribution in [-0.4, -0.2) is 85.3 Å². The third-order valence-corrected chi connectivity index (χ3v) is 28.3. The topological polar surface area (TPSA) is 120 Å². The molecule has 0 atom stereocenters. The van der Waals surface area contributed by atoms with Crippen LogP contribution in [0.2, 0.25) is 0 Å². The first-order valence-electron chi connectivity index (χ1n) is 51.6. The van der Waals surface area contributed by atoms with E-state index in [2.05, 4.69) is 464 Å². The Morgan fingerprint density at radius 1 is 0.133 bits per heavy atom. The summed E-state index contributed by atoms with van der Waals surface area (Å²) in [6.07, 6.45) is 8.05. The van der Waals surface area contributed by atoms with Gasteiger partial charge in [-0.3, -0.25) is 0 Å². The van der Waals surface area contributed by atoms with Gasteiger partial charge in [-0.2, -0.15) is 0 Å². The van der Waals surface area contributed by atoms with Crippen LogP contribution in [0.5, 0.6) is 69.0 Å². The Bertz CT molecular complexity index is 3730. The summed E-state index contributed by atoms with van der Waals surface area (Å²) in [5, 5.41) is 2.84. The van der Waals surface area contributed by atoms with Crippen LogP contribution in [0, 0.1) is 65.0 Å². The zero-order valence-electron chi connectivity index (χ0n) is 99.6. The highest BCUT2D eigenvalue weighted by atomic mass is 28.4. The van der Waals surface area contributed by atoms with E-state index < -0.39 is 85.3 Å². The molecule has 4 aromatic rings. The van der Waals surface area contributed by atoms with Crippen molar-refractivity contribution in [3.63, 3.8) is 0 Å². The molecule has 0 saturated heterocycles. The average Bonchev–Trinajstić information content (AvgIpc) is 0.730. The number of hydrogen-bond donors (Lipinski definition) is 0. The molecule has 0 aromatic heterocycles. The molecule has 0 aliphatic rings. The molecule has 0 unspecified atom stereocenters. The van der Waals surface area contributed by atoms with E-state index in [-0.39, 0.29) is 65.0 Å². The van der Waals surface area contributed by atoms with E-state index in [9.17, 15) is 4.12 Å². The molecule has 780 valence electrons. The van der Waals surface area contributed by atoms with Gasteiger partial charge in [-0.1, -0.05) is 249 Å². The molecular formula is C120H214O13Si2. The Morgan fingerprint density at radius 2 is 0.215 bits per heavy atom. The van der Waals surface area contributed by atoms with Gasteiger partial charge in [0, 0.05) is 48.5 Å². The summed E-state index contributed by atoms with van der Waals surface area (Å²) < 4.78 is 108. The Labute approximate surface area is 836 Å². The van der Waals surface area contributed by atoms with Gasteiger partial charge in [0.25, 0.3) is 0 Å². The molecule has 4 aromatic carbocycles. The molecule has 4 rings (SSSR count). The highest BCUT2D eigenvalue weighted by Gasteiger charge is 2.50. The van der Waals surface area contributed by atoms with Gasteiger partial charge in [-0.05, 0) is 308 Å². The van der Waals surface area contributed by atoms with Crippen molar-refractivity contribution in [1.82, 2.24) is 0 Å². The fraction of sp³-hybridized carbons (Fsp3) is 0.800. The molecule has 0 spiro atoms. The summed E-state index contributed by atoms with van der Waals surface area (Å²) >= 11 is 0. The van der Waals surface area contributed by atoms with Gasteiger partial charge in [0.2, 0.25) is 18.1 Å². The second-order valence-corrected chi connectivity index (χ2v) is 68.3. The van der Waals surface area contributed by atoms with Gasteiger partial charge in [-0.25, -0.2) is 0 Å². The minimum absolute atomic E-state index is 0.132. The second kappa shape index (κ2) is 41.3. The first-order valence-corrected chi connectivity index (χ1v) is 54.9. The van der Waals surface area contributed by atoms with Gasteiger partial charge in [0.05, 0.1) is 20.7 Å². The number of hydrogen-bond acceptors (Lipinski definition) is 13. The zero-order valence-corrected chi connectivity index (χ0v) is 102. The first-order chi connectivity index (χ1) is 59.0. The Kier molecular flexibility index (Phi) is 37.4. The number of ether oxygens (including phenoxy) is 12. The molecule has 135 heavy (non-hydrogen) atoms. The van der Waals surface area contributed by atoms with Crippen LogP contribution in [0.1, 0.15) is 492 Å². The minimum Gasteiger partial charge on any atom is -0.488 e. The van der Waals surface area contributed by atoms with Gasteiger partial charge in [0.15, 0.2) is 0 Å². The van der Waals surface area contributed by atoms with E-state index in [0.29, 0.717) is 141 Å². The van der Waals surface area contributed by atoms with Crippen molar-refractivity contribution in [3.8, 4) is 69.0 Å². The molecular weight excluding hydrogens is 1710 g/mol. The lowest BCUT2D eigenvalue weighted by Crippen LogP contribution is -2.59. The highest BCUT2D eigenvalue weighted by Crippen LogP contribution is 2.49. The summed E-state index contributed by atoms with van der Waals surface area (Å²) in [6, 6.07) is 17.3. The van der Waals surface area contributed by atoms with Gasteiger partial charge in [0.1, 0.15) is 136 Å². The minimum atomic E-state index is -4.20. The molecule has 15 heteroatoms. The van der Waals surface area contributed by atoms with Crippen molar-refractivity contribution >= 4 is 38.8 Å². The zero-order chi connectivity index (χ0) is 106. The fourth-order valence-electron chi connectivity index (χ4n) is 24.4. The van der Waals surface area contributed by atoms with Crippen molar-refractivity contribution in [2.75, 3.05) is 0 Å². The monoisotopic (exact) mass is 1920 g/mol. The third kappa shape index (κ3) is 46.7. The van der Waals surface area contributed by atoms with Crippen molar-refractivity contribution in [2.45, 2.75) is 560 Å². The summed E-state index contributed by atoms with van der Waals surface area (Å²) in [7, 11) is -8.40. The molecule has 0 radical (unpaired) electrons. The quantitative estimate of drug-likeness (QED) is 0.0392. The lowest BCUT2D eigenvalue weighted by atomic mass is 9.83. The van der Waals surface area contributed by atoms with Crippen molar-refractivity contribution in [3.05, 3.63) is 48.5 Å². The summed E-state index contributed by atoms with van der Waals surface area (Å²) in [6.45, 7) is 136. The smallest absolute Gasteiger partial charge is 0.244 e. The molecule has 0 fully saturated rings. The van der Waals surface area contributed by atoms with Gasteiger partial charge < -0.3 is 61.0 Å². The van der Waals surface area contributed by atoms with Crippen LogP contribution in [0.3, 0.4) is 0 Å². The fourth-order valence-corrected chi connectivity index (χ4v) is 31.4. The predicted molar refractivity (Wildman–Crippen MR) is 585 cm³/mol. The van der Waals surface area contributed by atoms with Gasteiger partial charge in [-0.15, -0.1) is 0 Å². The molecule has 0 saturated carbocycles. The van der Waals surface area contributed by atoms with Crippen LogP contribution in [-0.2, 0) is 4.12 Å². The van der Waals surface area contributed by atoms with E-state index in [0.717, 1.165) is 25.7 Å². The van der Waals surface area contributed by atoms with Crippen LogP contribution >= 0.6 is 0 Å². The van der Waals surface area contributed by atoms with Crippen LogP contribution in [0.4, 0.5) is 0 Å². The molecule has 0 aliphatic carbocycles. The molecule has 0 N–H and O–H groups in total. The molecule has 0 bridgehead atoms. The van der Waals surface area contributed by atoms with Crippen LogP contribution in [0.25, 0.3) is 0 Å². The Hall–Kier alpha value is -5.13. The molecule has 0 heterocycles. The second-order valence-electron chi connectivity index (χ2n) is 63.4. The highest BCUT2D eigenvalue weighted by molar-refractivity contribution is 6.94. The lowest BCUT2D eigenvalue weighted by Gasteiger charge is -2.41. The maximum atomic E-state index is 9.94. The largest absolute Gasteiger partial charge is 0.488 e. The van der Waals surface area contributed by atoms with Crippen LogP contribution in [0.15, 0.2) is 48.5 Å². The van der Waals surface area contributed by atoms with Gasteiger partial charge >= 0.3 is 0 Å². The maximum Gasteiger partial charge on any atom is 0.244 e. The summed E-state index contributed by atoms with van der Waals surface area (Å²) in [5.74, 6) is 6.66. The molecule has 13 nitrogen and oxygen atoms in total. The number of benzene rings is 4. The van der Waals surface area contributed by atoms with E-state index in [1.54, 1.807) is 0 Å². The Morgan fingerprint density at radius 3 is 0.296 bits per heavy atom. The SMILES string of the molecule is CC(C)(C)CC(C)(C)Oc1cc(OC(C)(C)CC(C)(C)C)c([SiH](O[SiH](c2c(OC(C)(C)CC(C)(C)C)cc(OC(C)(C)CC(C)(C)C)cc2OC(C)(C)CC(C)(C)C)c2c(OC(C)(C)CC(C)(C)C)cc(OC(C)(C)CC(C)(C)C)cc2OC(C)(C)CC(C)(C)C)c2c(OC(C)(C)CC(C)(C)C)cc(OC(C)(C)CC(C)(C)C)cc2OC(C)(C)CC(C)(C)C)c(OC(C)(C)CC(C)(C)C)c1. The van der Waals surface area contributed by atoms with E-state index >= 15 is 0 Å². The summed E-state index contributed by atoms with van der Waals surface area (Å²) in [4.78, 5) is 0. The number of rotatable bonds is 42. The molecule has 0 amide bonds. The lowest BCUT2D eigenvalue weighted by molar-refractivity contribution is 0.0481. The maximum absolute atomic E-state index is 9.94. The van der Waals surface area contributed by atoms with E-state index in [4.69, 9.17) is 56.8 Å².